The normalized spacial score (nSPS) is 16.0. The fraction of sp³-hybridized carbons (Fsp3) is 0.421. The van der Waals surface area contributed by atoms with Crippen molar-refractivity contribution in [2.45, 2.75) is 30.0 Å². The Balaban J connectivity index is 1.84. The number of hydrogen-bond acceptors (Lipinski definition) is 7. The summed E-state index contributed by atoms with van der Waals surface area (Å²) in [7, 11) is -3.04. The van der Waals surface area contributed by atoms with Gasteiger partial charge in [-0.25, -0.2) is 18.4 Å². The van der Waals surface area contributed by atoms with Crippen LogP contribution in [0.1, 0.15) is 17.5 Å². The number of rotatable bonds is 5. The predicted molar refractivity (Wildman–Crippen MR) is 104 cm³/mol. The molecule has 1 fully saturated rings. The maximum Gasteiger partial charge on any atom is 0.417 e. The van der Waals surface area contributed by atoms with E-state index in [1.54, 1.807) is 0 Å². The Morgan fingerprint density at radius 3 is 2.21 bits per heavy atom. The summed E-state index contributed by atoms with van der Waals surface area (Å²) in [5.41, 5.74) is -3.12. The molecule has 4 heterocycles. The van der Waals surface area contributed by atoms with Crippen LogP contribution in [0.15, 0.2) is 29.4 Å². The Labute approximate surface area is 188 Å². The van der Waals surface area contributed by atoms with Gasteiger partial charge in [-0.3, -0.25) is 4.98 Å². The van der Waals surface area contributed by atoms with Crippen molar-refractivity contribution in [1.82, 2.24) is 19.5 Å². The highest BCUT2D eigenvalue weighted by Crippen LogP contribution is 2.36. The first-order chi connectivity index (χ1) is 15.8. The van der Waals surface area contributed by atoms with Crippen molar-refractivity contribution in [1.29, 1.82) is 0 Å². The van der Waals surface area contributed by atoms with Crippen LogP contribution < -0.4 is 0 Å². The highest BCUT2D eigenvalue weighted by molar-refractivity contribution is 7.91. The number of sulfone groups is 1. The van der Waals surface area contributed by atoms with Crippen molar-refractivity contribution in [2.75, 3.05) is 19.0 Å². The monoisotopic (exact) mass is 510 g/mol. The van der Waals surface area contributed by atoms with E-state index in [0.29, 0.717) is 24.5 Å². The van der Waals surface area contributed by atoms with Crippen molar-refractivity contribution >= 4 is 21.0 Å². The molecule has 1 saturated heterocycles. The molecule has 3 aromatic heterocycles. The summed E-state index contributed by atoms with van der Waals surface area (Å²) >= 11 is 0. The molecule has 4 rings (SSSR count). The molecule has 0 radical (unpaired) electrons. The molecule has 15 heteroatoms. The lowest BCUT2D eigenvalue weighted by Gasteiger charge is -2.14. The molecule has 184 valence electrons. The van der Waals surface area contributed by atoms with Gasteiger partial charge in [0.1, 0.15) is 11.2 Å². The molecule has 1 aliphatic rings. The van der Waals surface area contributed by atoms with E-state index in [4.69, 9.17) is 9.47 Å². The van der Waals surface area contributed by atoms with Crippen LogP contribution in [0.5, 0.6) is 0 Å². The highest BCUT2D eigenvalue weighted by atomic mass is 32.2. The molecule has 0 amide bonds. The number of ether oxygens (including phenoxy) is 2. The van der Waals surface area contributed by atoms with Crippen LogP contribution in [-0.4, -0.2) is 53.2 Å². The van der Waals surface area contributed by atoms with E-state index in [-0.39, 0.29) is 36.6 Å². The number of fused-ring (bicyclic) bond motifs is 1. The summed E-state index contributed by atoms with van der Waals surface area (Å²) in [6.45, 7) is 0.516. The lowest BCUT2D eigenvalue weighted by atomic mass is 10.2. The fourth-order valence-corrected chi connectivity index (χ4v) is 4.85. The molecule has 3 aromatic rings. The van der Waals surface area contributed by atoms with Crippen molar-refractivity contribution in [3.05, 3.63) is 35.7 Å². The molecule has 1 aliphatic heterocycles. The van der Waals surface area contributed by atoms with Crippen LogP contribution in [0, 0.1) is 0 Å². The molecule has 34 heavy (non-hydrogen) atoms. The number of pyridine rings is 2. The van der Waals surface area contributed by atoms with Crippen LogP contribution in [-0.2, 0) is 38.7 Å². The first-order valence-electron chi connectivity index (χ1n) is 9.70. The van der Waals surface area contributed by atoms with Crippen LogP contribution in [0.25, 0.3) is 22.7 Å². The van der Waals surface area contributed by atoms with E-state index in [1.165, 1.54) is 7.05 Å². The Morgan fingerprint density at radius 1 is 1.00 bits per heavy atom. The van der Waals surface area contributed by atoms with Gasteiger partial charge in [0.15, 0.2) is 27.6 Å². The average molecular weight is 510 g/mol. The molecule has 0 atom stereocenters. The van der Waals surface area contributed by atoms with E-state index in [0.717, 1.165) is 4.57 Å². The second-order valence-corrected chi connectivity index (χ2v) is 9.48. The summed E-state index contributed by atoms with van der Waals surface area (Å²) in [4.78, 5) is 10.6. The lowest BCUT2D eigenvalue weighted by Crippen LogP contribution is -2.18. The van der Waals surface area contributed by atoms with Crippen LogP contribution in [0.3, 0.4) is 0 Å². The zero-order chi connectivity index (χ0) is 24.9. The zero-order valence-electron chi connectivity index (χ0n) is 17.3. The van der Waals surface area contributed by atoms with E-state index in [2.05, 4.69) is 15.0 Å². The zero-order valence-corrected chi connectivity index (χ0v) is 18.1. The summed E-state index contributed by atoms with van der Waals surface area (Å²) < 4.78 is 117. The van der Waals surface area contributed by atoms with Crippen molar-refractivity contribution in [2.24, 2.45) is 7.05 Å². The maximum atomic E-state index is 13.3. The van der Waals surface area contributed by atoms with Crippen LogP contribution in [0.2, 0.25) is 0 Å². The van der Waals surface area contributed by atoms with Gasteiger partial charge in [-0.05, 0) is 12.1 Å². The Hall–Kier alpha value is -2.78. The van der Waals surface area contributed by atoms with Gasteiger partial charge in [-0.1, -0.05) is 0 Å². The van der Waals surface area contributed by atoms with Crippen LogP contribution >= 0.6 is 0 Å². The fourth-order valence-electron chi connectivity index (χ4n) is 3.38. The SMILES string of the molecule is Cn1c(-c2ncc(C(F)(F)F)cc2S(=O)(=O)CCC2OCCO2)nc2cc(C(F)(F)F)cnc21. The predicted octanol–water partition coefficient (Wildman–Crippen LogP) is 3.60. The summed E-state index contributed by atoms with van der Waals surface area (Å²) in [5, 5.41) is 0. The van der Waals surface area contributed by atoms with Gasteiger partial charge in [-0.2, -0.15) is 26.3 Å². The third kappa shape index (κ3) is 4.72. The topological polar surface area (TPSA) is 96.2 Å². The average Bonchev–Trinajstić information content (AvgIpc) is 3.38. The van der Waals surface area contributed by atoms with Gasteiger partial charge in [0.25, 0.3) is 0 Å². The molecular formula is C19H16F6N4O4S. The number of imidazole rings is 1. The smallest absolute Gasteiger partial charge is 0.350 e. The Morgan fingerprint density at radius 2 is 1.59 bits per heavy atom. The number of aryl methyl sites for hydroxylation is 1. The standard InChI is InChI=1S/C19H16F6N4O4S/c1-29-16-12(6-10(9-27-16)18(20,21)22)28-17(29)15-13(7-11(8-26-15)19(23,24)25)34(30,31)5-2-14-32-3-4-33-14/h6-9,14H,2-5H2,1H3. The van der Waals surface area contributed by atoms with Crippen LogP contribution in [0.4, 0.5) is 26.3 Å². The maximum absolute atomic E-state index is 13.3. The minimum absolute atomic E-state index is 0.0409. The highest BCUT2D eigenvalue weighted by Gasteiger charge is 2.36. The third-order valence-corrected chi connectivity index (χ3v) is 6.83. The molecule has 0 aromatic carbocycles. The molecular weight excluding hydrogens is 494 g/mol. The van der Waals surface area contributed by atoms with E-state index >= 15 is 0 Å². The summed E-state index contributed by atoms with van der Waals surface area (Å²) in [6, 6.07) is 1.14. The van der Waals surface area contributed by atoms with Crippen molar-refractivity contribution < 1.29 is 44.2 Å². The van der Waals surface area contributed by atoms with E-state index < -0.39 is 55.9 Å². The molecule has 0 N–H and O–H groups in total. The van der Waals surface area contributed by atoms with E-state index in [9.17, 15) is 34.8 Å². The van der Waals surface area contributed by atoms with Crippen molar-refractivity contribution in [3.8, 4) is 11.5 Å². The molecule has 8 nitrogen and oxygen atoms in total. The number of hydrogen-bond donors (Lipinski definition) is 0. The molecule has 0 aliphatic carbocycles. The van der Waals surface area contributed by atoms with Gasteiger partial charge in [0, 0.05) is 25.9 Å². The second-order valence-electron chi connectivity index (χ2n) is 7.41. The van der Waals surface area contributed by atoms with Crippen molar-refractivity contribution in [3.63, 3.8) is 0 Å². The number of alkyl halides is 6. The summed E-state index contributed by atoms with van der Waals surface area (Å²) in [5.74, 6) is -0.879. The largest absolute Gasteiger partial charge is 0.417 e. The number of aromatic nitrogens is 4. The lowest BCUT2D eigenvalue weighted by molar-refractivity contribution is -0.138. The number of nitrogens with zero attached hydrogens (tertiary/aromatic N) is 4. The molecule has 0 unspecified atom stereocenters. The summed E-state index contributed by atoms with van der Waals surface area (Å²) in [6.07, 6.45) is -9.54. The minimum Gasteiger partial charge on any atom is -0.350 e. The van der Waals surface area contributed by atoms with Gasteiger partial charge >= 0.3 is 12.4 Å². The second kappa shape index (κ2) is 8.46. The molecule has 0 saturated carbocycles. The Bertz CT molecular complexity index is 1330. The Kier molecular flexibility index (Phi) is 6.06. The van der Waals surface area contributed by atoms with Gasteiger partial charge in [0.2, 0.25) is 0 Å². The van der Waals surface area contributed by atoms with Gasteiger partial charge in [0.05, 0.1) is 35.0 Å². The molecule has 0 bridgehead atoms. The van der Waals surface area contributed by atoms with Gasteiger partial charge < -0.3 is 14.0 Å². The number of halogens is 6. The minimum atomic E-state index is -4.89. The van der Waals surface area contributed by atoms with E-state index in [1.807, 2.05) is 0 Å². The quantitative estimate of drug-likeness (QED) is 0.484. The van der Waals surface area contributed by atoms with Gasteiger partial charge in [-0.15, -0.1) is 0 Å². The third-order valence-electron chi connectivity index (χ3n) is 5.08. The molecule has 0 spiro atoms. The first-order valence-corrected chi connectivity index (χ1v) is 11.4. The first kappa shape index (κ1) is 24.3.